The van der Waals surface area contributed by atoms with Crippen LogP contribution in [-0.2, 0) is 23.1 Å². The van der Waals surface area contributed by atoms with Crippen LogP contribution in [0.5, 0.6) is 0 Å². The summed E-state index contributed by atoms with van der Waals surface area (Å²) >= 11 is 13.3. The number of carbonyl (C=O) groups excluding carboxylic acids is 2. The Labute approximate surface area is 282 Å². The molecule has 0 bridgehead atoms. The second-order valence-corrected chi connectivity index (χ2v) is 14.2. The number of aromatic nitrogens is 2. The number of amides is 2. The molecule has 256 valence electrons. The average Bonchev–Trinajstić information content (AvgIpc) is 3.34. The van der Waals surface area contributed by atoms with Gasteiger partial charge in [0.1, 0.15) is 0 Å². The maximum Gasteiger partial charge on any atom is 0.391 e. The molecule has 1 saturated carbocycles. The average molecular weight is 698 g/mol. The van der Waals surface area contributed by atoms with Crippen molar-refractivity contribution in [3.8, 4) is 0 Å². The van der Waals surface area contributed by atoms with Crippen LogP contribution in [0.3, 0.4) is 0 Å². The third kappa shape index (κ3) is 8.09. The zero-order chi connectivity index (χ0) is 34.1. The molecule has 1 aromatic heterocycles. The molecule has 3 aromatic rings. The zero-order valence-corrected chi connectivity index (χ0v) is 28.5. The molecule has 5 rings (SSSR count). The number of rotatable bonds is 8. The molecule has 1 aliphatic heterocycles. The van der Waals surface area contributed by atoms with Gasteiger partial charge < -0.3 is 30.2 Å². The molecular weight excluding hydrogens is 656 g/mol. The second kappa shape index (κ2) is 14.1. The number of nitrogens with one attached hydrogen (secondary N) is 3. The standard InChI is InChI=1S/C33H41Cl2F3N6O3/c1-32(2,3)30(46)40-18-20-7-10-23(34)28(27(20)35)42-31-41-24-15-22(25(16-26(24)43(31)4)44-11-13-47-14-12-44)29(45)39-17-19-5-8-21(9-6-19)33(36,37)38/h7,10,15-16,19,21H,5-6,8-9,11-14,17-18H2,1-4H3,(H,39,45)(H,40,46)(H,41,42). The number of halogens is 5. The monoisotopic (exact) mass is 696 g/mol. The first-order valence-corrected chi connectivity index (χ1v) is 16.6. The van der Waals surface area contributed by atoms with Crippen molar-refractivity contribution in [2.24, 2.45) is 24.3 Å². The van der Waals surface area contributed by atoms with Crippen LogP contribution in [0.25, 0.3) is 11.0 Å². The lowest BCUT2D eigenvalue weighted by Crippen LogP contribution is -2.38. The first-order valence-electron chi connectivity index (χ1n) is 15.8. The fraction of sp³-hybridized carbons (Fsp3) is 0.545. The predicted octanol–water partition coefficient (Wildman–Crippen LogP) is 7.22. The molecule has 14 heteroatoms. The molecule has 0 atom stereocenters. The normalized spacial score (nSPS) is 19.1. The minimum Gasteiger partial charge on any atom is -0.378 e. The molecule has 0 unspecified atom stereocenters. The largest absolute Gasteiger partial charge is 0.391 e. The smallest absolute Gasteiger partial charge is 0.378 e. The van der Waals surface area contributed by atoms with Crippen molar-refractivity contribution in [1.82, 2.24) is 20.2 Å². The van der Waals surface area contributed by atoms with Gasteiger partial charge in [0, 0.05) is 38.6 Å². The van der Waals surface area contributed by atoms with E-state index in [-0.39, 0.29) is 37.1 Å². The highest BCUT2D eigenvalue weighted by molar-refractivity contribution is 6.39. The van der Waals surface area contributed by atoms with Gasteiger partial charge in [0.15, 0.2) is 0 Å². The maximum absolute atomic E-state index is 13.6. The fourth-order valence-electron chi connectivity index (χ4n) is 6.01. The third-order valence-electron chi connectivity index (χ3n) is 8.98. The van der Waals surface area contributed by atoms with Crippen LogP contribution in [0.15, 0.2) is 24.3 Å². The van der Waals surface area contributed by atoms with E-state index in [1.165, 1.54) is 0 Å². The van der Waals surface area contributed by atoms with Gasteiger partial charge in [-0.1, -0.05) is 50.0 Å². The third-order valence-corrected chi connectivity index (χ3v) is 9.73. The number of aryl methyl sites for hydroxylation is 1. The molecule has 1 aliphatic carbocycles. The van der Waals surface area contributed by atoms with E-state index in [9.17, 15) is 22.8 Å². The van der Waals surface area contributed by atoms with Crippen LogP contribution in [0.2, 0.25) is 10.0 Å². The van der Waals surface area contributed by atoms with E-state index in [2.05, 4.69) is 20.9 Å². The number of anilines is 3. The van der Waals surface area contributed by atoms with Crippen LogP contribution >= 0.6 is 23.2 Å². The number of ether oxygens (including phenoxy) is 1. The van der Waals surface area contributed by atoms with E-state index in [0.717, 1.165) is 11.2 Å². The zero-order valence-electron chi connectivity index (χ0n) is 27.0. The molecule has 0 spiro atoms. The number of carbonyl (C=O) groups is 2. The highest BCUT2D eigenvalue weighted by atomic mass is 35.5. The lowest BCUT2D eigenvalue weighted by Gasteiger charge is -2.31. The summed E-state index contributed by atoms with van der Waals surface area (Å²) in [5.41, 5.74) is 3.03. The van der Waals surface area contributed by atoms with E-state index in [4.69, 9.17) is 32.9 Å². The number of hydrogen-bond donors (Lipinski definition) is 3. The lowest BCUT2D eigenvalue weighted by molar-refractivity contribution is -0.183. The van der Waals surface area contributed by atoms with E-state index in [1.807, 2.05) is 38.5 Å². The number of hydrogen-bond acceptors (Lipinski definition) is 6. The summed E-state index contributed by atoms with van der Waals surface area (Å²) in [6.07, 6.45) is -3.16. The molecule has 3 N–H and O–H groups in total. The molecule has 2 fully saturated rings. The van der Waals surface area contributed by atoms with E-state index in [1.54, 1.807) is 18.2 Å². The van der Waals surface area contributed by atoms with Gasteiger partial charge in [0.2, 0.25) is 11.9 Å². The van der Waals surface area contributed by atoms with Crippen molar-refractivity contribution in [1.29, 1.82) is 0 Å². The van der Waals surface area contributed by atoms with Crippen molar-refractivity contribution < 1.29 is 27.5 Å². The Morgan fingerprint density at radius 2 is 1.70 bits per heavy atom. The molecule has 47 heavy (non-hydrogen) atoms. The molecule has 2 aliphatic rings. The SMILES string of the molecule is Cn1c(Nc2c(Cl)ccc(CNC(=O)C(C)(C)C)c2Cl)nc2cc(C(=O)NCC3CCC(C(F)(F)F)CC3)c(N3CCOCC3)cc21. The van der Waals surface area contributed by atoms with Gasteiger partial charge in [-0.3, -0.25) is 9.59 Å². The lowest BCUT2D eigenvalue weighted by atomic mass is 9.81. The van der Waals surface area contributed by atoms with Crippen molar-refractivity contribution in [2.45, 2.75) is 59.2 Å². The van der Waals surface area contributed by atoms with Gasteiger partial charge in [-0.25, -0.2) is 4.98 Å². The topological polar surface area (TPSA) is 101 Å². The minimum absolute atomic E-state index is 0.00851. The predicted molar refractivity (Wildman–Crippen MR) is 179 cm³/mol. The van der Waals surface area contributed by atoms with Gasteiger partial charge in [-0.15, -0.1) is 0 Å². The summed E-state index contributed by atoms with van der Waals surface area (Å²) in [7, 11) is 1.84. The number of alkyl halides is 3. The van der Waals surface area contributed by atoms with Crippen LogP contribution in [-0.4, -0.2) is 60.4 Å². The number of morpholine rings is 1. The number of benzene rings is 2. The first-order chi connectivity index (χ1) is 22.1. The number of imidazole rings is 1. The van der Waals surface area contributed by atoms with Crippen LogP contribution < -0.4 is 20.9 Å². The van der Waals surface area contributed by atoms with Gasteiger partial charge in [0.25, 0.3) is 5.91 Å². The minimum atomic E-state index is -4.17. The van der Waals surface area contributed by atoms with Crippen molar-refractivity contribution in [3.63, 3.8) is 0 Å². The maximum atomic E-state index is 13.6. The fourth-order valence-corrected chi connectivity index (χ4v) is 6.54. The van der Waals surface area contributed by atoms with Crippen molar-refractivity contribution in [3.05, 3.63) is 45.4 Å². The summed E-state index contributed by atoms with van der Waals surface area (Å²) in [4.78, 5) is 32.9. The van der Waals surface area contributed by atoms with Crippen molar-refractivity contribution >= 4 is 63.4 Å². The Hall–Kier alpha value is -3.22. The summed E-state index contributed by atoms with van der Waals surface area (Å²) in [5.74, 6) is -1.25. The molecule has 2 heterocycles. The molecule has 1 saturated heterocycles. The molecule has 0 radical (unpaired) electrons. The van der Waals surface area contributed by atoms with Gasteiger partial charge in [0.05, 0.1) is 57.1 Å². The Morgan fingerprint density at radius 1 is 1.02 bits per heavy atom. The molecule has 9 nitrogen and oxygen atoms in total. The Balaban J connectivity index is 1.39. The summed E-state index contributed by atoms with van der Waals surface area (Å²) in [6.45, 7) is 8.24. The molecule has 2 amide bonds. The Bertz CT molecular complexity index is 1620. The highest BCUT2D eigenvalue weighted by Crippen LogP contribution is 2.40. The number of fused-ring (bicyclic) bond motifs is 1. The first kappa shape index (κ1) is 35.1. The van der Waals surface area contributed by atoms with Gasteiger partial charge in [-0.2, -0.15) is 13.2 Å². The summed E-state index contributed by atoms with van der Waals surface area (Å²) in [6, 6.07) is 7.12. The van der Waals surface area contributed by atoms with E-state index in [0.29, 0.717) is 84.0 Å². The second-order valence-electron chi connectivity index (χ2n) is 13.4. The summed E-state index contributed by atoms with van der Waals surface area (Å²) in [5, 5.41) is 9.85. The molecule has 2 aromatic carbocycles. The van der Waals surface area contributed by atoms with Crippen molar-refractivity contribution in [2.75, 3.05) is 43.1 Å². The quantitative estimate of drug-likeness (QED) is 0.230. The van der Waals surface area contributed by atoms with E-state index < -0.39 is 17.5 Å². The molecular formula is C33H41Cl2F3N6O3. The van der Waals surface area contributed by atoms with Gasteiger partial charge >= 0.3 is 6.18 Å². The number of nitrogens with zero attached hydrogens (tertiary/aromatic N) is 3. The van der Waals surface area contributed by atoms with Crippen LogP contribution in [0.1, 0.15) is 62.4 Å². The van der Waals surface area contributed by atoms with Gasteiger partial charge in [-0.05, 0) is 55.4 Å². The Morgan fingerprint density at radius 3 is 2.34 bits per heavy atom. The van der Waals surface area contributed by atoms with Crippen LogP contribution in [0.4, 0.5) is 30.5 Å². The Kier molecular flexibility index (Phi) is 10.5. The van der Waals surface area contributed by atoms with Crippen LogP contribution in [0, 0.1) is 17.3 Å². The highest BCUT2D eigenvalue weighted by Gasteiger charge is 2.41. The van der Waals surface area contributed by atoms with E-state index >= 15 is 0 Å². The summed E-state index contributed by atoms with van der Waals surface area (Å²) < 4.78 is 46.8.